The summed E-state index contributed by atoms with van der Waals surface area (Å²) < 4.78 is 0. The van der Waals surface area contributed by atoms with Crippen molar-refractivity contribution >= 4 is 11.5 Å². The molecule has 1 heterocycles. The van der Waals surface area contributed by atoms with Gasteiger partial charge in [-0.05, 0) is 53.9 Å². The molecule has 1 aliphatic heterocycles. The summed E-state index contributed by atoms with van der Waals surface area (Å²) in [6.45, 7) is 7.60. The fraction of sp³-hybridized carbons (Fsp3) is 0.471. The molecule has 0 unspecified atom stereocenters. The summed E-state index contributed by atoms with van der Waals surface area (Å²) in [6.07, 6.45) is 4.45. The molecule has 0 bridgehead atoms. The Morgan fingerprint density at radius 2 is 2.00 bits per heavy atom. The zero-order valence-corrected chi connectivity index (χ0v) is 11.6. The van der Waals surface area contributed by atoms with Crippen LogP contribution in [0.3, 0.4) is 0 Å². The number of rotatable bonds is 1. The van der Waals surface area contributed by atoms with Gasteiger partial charge in [-0.15, -0.1) is 0 Å². The third-order valence-corrected chi connectivity index (χ3v) is 4.62. The average Bonchev–Trinajstić information content (AvgIpc) is 2.80. The van der Waals surface area contributed by atoms with Crippen LogP contribution >= 0.6 is 0 Å². The van der Waals surface area contributed by atoms with Crippen molar-refractivity contribution in [3.8, 4) is 0 Å². The first kappa shape index (κ1) is 12.5. The molecule has 2 nitrogen and oxygen atoms in total. The van der Waals surface area contributed by atoms with Gasteiger partial charge < -0.3 is 4.90 Å². The van der Waals surface area contributed by atoms with Crippen LogP contribution in [0.1, 0.15) is 48.8 Å². The van der Waals surface area contributed by atoms with Gasteiger partial charge in [0.1, 0.15) is 0 Å². The molecule has 0 saturated carbocycles. The predicted octanol–water partition coefficient (Wildman–Crippen LogP) is 3.37. The van der Waals surface area contributed by atoms with Crippen LogP contribution < -0.4 is 0 Å². The van der Waals surface area contributed by atoms with Crippen LogP contribution in [0.15, 0.2) is 24.8 Å². The molecule has 0 aromatic heterocycles. The number of amides is 1. The van der Waals surface area contributed by atoms with E-state index in [1.165, 1.54) is 22.3 Å². The lowest BCUT2D eigenvalue weighted by Gasteiger charge is -2.31. The molecular weight excluding hydrogens is 234 g/mol. The Hall–Kier alpha value is -1.57. The Balaban J connectivity index is 1.74. The van der Waals surface area contributed by atoms with Crippen LogP contribution in [0.4, 0.5) is 0 Å². The van der Waals surface area contributed by atoms with Crippen LogP contribution in [0.2, 0.25) is 0 Å². The molecule has 0 N–H and O–H groups in total. The van der Waals surface area contributed by atoms with Gasteiger partial charge in [-0.3, -0.25) is 4.79 Å². The summed E-state index contributed by atoms with van der Waals surface area (Å²) >= 11 is 0. The Labute approximate surface area is 115 Å². The number of hydrogen-bond donors (Lipinski definition) is 0. The molecule has 0 atom stereocenters. The van der Waals surface area contributed by atoms with Gasteiger partial charge in [-0.1, -0.05) is 24.8 Å². The minimum atomic E-state index is 0.212. The fourth-order valence-electron chi connectivity index (χ4n) is 3.37. The molecular formula is C17H21NO. The lowest BCUT2D eigenvalue weighted by molar-refractivity contribution is -0.129. The molecule has 2 heteroatoms. The molecule has 19 heavy (non-hydrogen) atoms. The van der Waals surface area contributed by atoms with E-state index in [0.717, 1.165) is 38.8 Å². The molecule has 1 saturated heterocycles. The van der Waals surface area contributed by atoms with Crippen molar-refractivity contribution in [1.29, 1.82) is 0 Å². The maximum absolute atomic E-state index is 11.3. The lowest BCUT2D eigenvalue weighted by Crippen LogP contribution is -2.36. The highest BCUT2D eigenvalue weighted by atomic mass is 16.2. The van der Waals surface area contributed by atoms with Gasteiger partial charge in [0.25, 0.3) is 0 Å². The largest absolute Gasteiger partial charge is 0.343 e. The van der Waals surface area contributed by atoms with Crippen LogP contribution in [0.5, 0.6) is 0 Å². The van der Waals surface area contributed by atoms with Crippen molar-refractivity contribution < 1.29 is 4.79 Å². The Morgan fingerprint density at radius 3 is 2.68 bits per heavy atom. The molecule has 1 fully saturated rings. The summed E-state index contributed by atoms with van der Waals surface area (Å²) in [7, 11) is 0. The van der Waals surface area contributed by atoms with E-state index in [4.69, 9.17) is 0 Å². The zero-order valence-electron chi connectivity index (χ0n) is 11.6. The van der Waals surface area contributed by atoms with E-state index in [1.807, 2.05) is 4.90 Å². The third kappa shape index (κ3) is 2.32. The second kappa shape index (κ2) is 4.84. The minimum Gasteiger partial charge on any atom is -0.343 e. The van der Waals surface area contributed by atoms with Crippen LogP contribution in [-0.4, -0.2) is 23.9 Å². The SMILES string of the molecule is C=C1CCc2cc(C3CCN(C(C)=O)CC3)ccc21. The summed E-state index contributed by atoms with van der Waals surface area (Å²) in [5.41, 5.74) is 5.58. The highest BCUT2D eigenvalue weighted by Crippen LogP contribution is 2.35. The van der Waals surface area contributed by atoms with Gasteiger partial charge in [0.05, 0.1) is 0 Å². The number of piperidine rings is 1. The quantitative estimate of drug-likeness (QED) is 0.753. The summed E-state index contributed by atoms with van der Waals surface area (Å²) in [6, 6.07) is 6.89. The van der Waals surface area contributed by atoms with Gasteiger partial charge >= 0.3 is 0 Å². The molecule has 100 valence electrons. The van der Waals surface area contributed by atoms with Crippen molar-refractivity contribution in [1.82, 2.24) is 4.90 Å². The van der Waals surface area contributed by atoms with Crippen molar-refractivity contribution in [3.63, 3.8) is 0 Å². The number of nitrogens with zero attached hydrogens (tertiary/aromatic N) is 1. The maximum Gasteiger partial charge on any atom is 0.219 e. The number of aryl methyl sites for hydroxylation is 1. The van der Waals surface area contributed by atoms with E-state index >= 15 is 0 Å². The van der Waals surface area contributed by atoms with Crippen molar-refractivity contribution in [2.24, 2.45) is 0 Å². The van der Waals surface area contributed by atoms with E-state index in [1.54, 1.807) is 6.92 Å². The van der Waals surface area contributed by atoms with Crippen LogP contribution in [0.25, 0.3) is 5.57 Å². The molecule has 1 aliphatic carbocycles. The van der Waals surface area contributed by atoms with Crippen molar-refractivity contribution in [3.05, 3.63) is 41.5 Å². The number of hydrogen-bond acceptors (Lipinski definition) is 1. The van der Waals surface area contributed by atoms with Gasteiger partial charge in [0.15, 0.2) is 0 Å². The third-order valence-electron chi connectivity index (χ3n) is 4.62. The molecule has 0 spiro atoms. The van der Waals surface area contributed by atoms with E-state index in [-0.39, 0.29) is 5.91 Å². The number of likely N-dealkylation sites (tertiary alicyclic amines) is 1. The standard InChI is InChI=1S/C17H21NO/c1-12-3-4-16-11-15(5-6-17(12)16)14-7-9-18(10-8-14)13(2)19/h5-6,11,14H,1,3-4,7-10H2,2H3. The van der Waals surface area contributed by atoms with E-state index in [0.29, 0.717) is 5.92 Å². The van der Waals surface area contributed by atoms with Crippen LogP contribution in [-0.2, 0) is 11.2 Å². The molecule has 0 radical (unpaired) electrons. The van der Waals surface area contributed by atoms with Gasteiger partial charge in [0, 0.05) is 20.0 Å². The van der Waals surface area contributed by atoms with Gasteiger partial charge in [-0.2, -0.15) is 0 Å². The smallest absolute Gasteiger partial charge is 0.219 e. The molecule has 2 aliphatic rings. The number of carbonyl (C=O) groups excluding carboxylic acids is 1. The van der Waals surface area contributed by atoms with Crippen molar-refractivity contribution in [2.75, 3.05) is 13.1 Å². The maximum atomic E-state index is 11.3. The minimum absolute atomic E-state index is 0.212. The first-order chi connectivity index (χ1) is 9.15. The first-order valence-corrected chi connectivity index (χ1v) is 7.21. The molecule has 1 aromatic carbocycles. The van der Waals surface area contributed by atoms with Gasteiger partial charge in [0.2, 0.25) is 5.91 Å². The normalized spacial score (nSPS) is 19.6. The van der Waals surface area contributed by atoms with Gasteiger partial charge in [-0.25, -0.2) is 0 Å². The summed E-state index contributed by atoms with van der Waals surface area (Å²) in [5, 5.41) is 0. The Bertz CT molecular complexity index is 524. The molecule has 1 amide bonds. The summed E-state index contributed by atoms with van der Waals surface area (Å²) in [5.74, 6) is 0.832. The van der Waals surface area contributed by atoms with E-state index in [2.05, 4.69) is 24.8 Å². The van der Waals surface area contributed by atoms with Crippen LogP contribution in [0, 0.1) is 0 Å². The highest BCUT2D eigenvalue weighted by molar-refractivity contribution is 5.73. The Morgan fingerprint density at radius 1 is 1.26 bits per heavy atom. The monoisotopic (exact) mass is 255 g/mol. The Kier molecular flexibility index (Phi) is 3.17. The molecule has 1 aromatic rings. The molecule has 3 rings (SSSR count). The average molecular weight is 255 g/mol. The highest BCUT2D eigenvalue weighted by Gasteiger charge is 2.23. The number of allylic oxidation sites excluding steroid dienone is 1. The fourth-order valence-corrected chi connectivity index (χ4v) is 3.37. The lowest BCUT2D eigenvalue weighted by atomic mass is 9.88. The summed E-state index contributed by atoms with van der Waals surface area (Å²) in [4.78, 5) is 13.3. The second-order valence-corrected chi connectivity index (χ2v) is 5.80. The first-order valence-electron chi connectivity index (χ1n) is 7.21. The zero-order chi connectivity index (χ0) is 13.4. The number of carbonyl (C=O) groups is 1. The van der Waals surface area contributed by atoms with E-state index < -0.39 is 0 Å². The topological polar surface area (TPSA) is 20.3 Å². The number of benzene rings is 1. The predicted molar refractivity (Wildman–Crippen MR) is 78.0 cm³/mol. The van der Waals surface area contributed by atoms with E-state index in [9.17, 15) is 4.79 Å². The second-order valence-electron chi connectivity index (χ2n) is 5.80. The number of fused-ring (bicyclic) bond motifs is 1. The van der Waals surface area contributed by atoms with Crippen molar-refractivity contribution in [2.45, 2.75) is 38.5 Å².